The molecule has 0 aliphatic rings. The number of halogens is 2. The van der Waals surface area contributed by atoms with Crippen molar-refractivity contribution < 1.29 is 4.39 Å². The Kier molecular flexibility index (Phi) is 2.68. The van der Waals surface area contributed by atoms with Crippen molar-refractivity contribution in [3.63, 3.8) is 0 Å². The molecule has 0 saturated carbocycles. The number of hydrogen-bond acceptors (Lipinski definition) is 2. The number of aromatic nitrogens is 3. The molecule has 5 heteroatoms. The maximum Gasteiger partial charge on any atom is 0.123 e. The quantitative estimate of drug-likeness (QED) is 0.735. The van der Waals surface area contributed by atoms with Gasteiger partial charge in [0.15, 0.2) is 0 Å². The molecule has 0 aliphatic heterocycles. The Morgan fingerprint density at radius 3 is 2.60 bits per heavy atom. The van der Waals surface area contributed by atoms with Crippen molar-refractivity contribution in [1.82, 2.24) is 15.0 Å². The summed E-state index contributed by atoms with van der Waals surface area (Å²) in [6.07, 6.45) is 0. The minimum atomic E-state index is -0.275. The summed E-state index contributed by atoms with van der Waals surface area (Å²) < 4.78 is 14.3. The van der Waals surface area contributed by atoms with Crippen molar-refractivity contribution >= 4 is 11.6 Å². The van der Waals surface area contributed by atoms with E-state index in [1.807, 2.05) is 6.92 Å². The van der Waals surface area contributed by atoms with Crippen LogP contribution in [0.1, 0.15) is 11.4 Å². The first-order valence-electron chi connectivity index (χ1n) is 4.45. The number of aryl methyl sites for hydroxylation is 1. The van der Waals surface area contributed by atoms with Crippen LogP contribution in [0.2, 0.25) is 0 Å². The van der Waals surface area contributed by atoms with Crippen molar-refractivity contribution in [3.8, 4) is 5.69 Å². The molecule has 0 bridgehead atoms. The summed E-state index contributed by atoms with van der Waals surface area (Å²) in [6.45, 7) is 1.84. The maximum absolute atomic E-state index is 12.7. The van der Waals surface area contributed by atoms with E-state index in [4.69, 9.17) is 11.6 Å². The van der Waals surface area contributed by atoms with E-state index in [0.29, 0.717) is 5.88 Å². The predicted octanol–water partition coefficient (Wildman–Crippen LogP) is 2.45. The number of nitrogens with zero attached hydrogens (tertiary/aromatic N) is 3. The lowest BCUT2D eigenvalue weighted by Crippen LogP contribution is -2.01. The highest BCUT2D eigenvalue weighted by Gasteiger charge is 2.09. The van der Waals surface area contributed by atoms with Crippen molar-refractivity contribution in [2.45, 2.75) is 12.8 Å². The normalized spacial score (nSPS) is 10.6. The van der Waals surface area contributed by atoms with Gasteiger partial charge < -0.3 is 0 Å². The molecule has 0 unspecified atom stereocenters. The monoisotopic (exact) mass is 225 g/mol. The molecule has 0 spiro atoms. The second kappa shape index (κ2) is 3.98. The Labute approximate surface area is 91.5 Å². The van der Waals surface area contributed by atoms with Crippen LogP contribution >= 0.6 is 11.6 Å². The highest BCUT2D eigenvalue weighted by atomic mass is 35.5. The SMILES string of the molecule is Cc1nnn(-c2ccc(F)cc2)c1CCl. The van der Waals surface area contributed by atoms with Crippen LogP contribution in [0.25, 0.3) is 5.69 Å². The summed E-state index contributed by atoms with van der Waals surface area (Å²) >= 11 is 5.78. The van der Waals surface area contributed by atoms with Gasteiger partial charge in [-0.15, -0.1) is 16.7 Å². The third-order valence-corrected chi connectivity index (χ3v) is 2.41. The molecule has 0 aliphatic carbocycles. The zero-order valence-electron chi connectivity index (χ0n) is 8.11. The molecule has 15 heavy (non-hydrogen) atoms. The molecule has 2 rings (SSSR count). The van der Waals surface area contributed by atoms with E-state index in [0.717, 1.165) is 17.1 Å². The molecule has 0 atom stereocenters. The van der Waals surface area contributed by atoms with Gasteiger partial charge >= 0.3 is 0 Å². The first-order chi connectivity index (χ1) is 7.22. The maximum atomic E-state index is 12.7. The standard InChI is InChI=1S/C10H9ClFN3/c1-7-10(6-11)15(14-13-7)9-4-2-8(12)3-5-9/h2-5H,6H2,1H3. The smallest absolute Gasteiger partial charge is 0.123 e. The molecule has 0 radical (unpaired) electrons. The van der Waals surface area contributed by atoms with E-state index >= 15 is 0 Å². The lowest BCUT2D eigenvalue weighted by atomic mass is 10.3. The first-order valence-corrected chi connectivity index (χ1v) is 4.99. The molecular weight excluding hydrogens is 217 g/mol. The highest BCUT2D eigenvalue weighted by Crippen LogP contribution is 2.14. The largest absolute Gasteiger partial charge is 0.216 e. The number of alkyl halides is 1. The first kappa shape index (κ1) is 10.1. The molecule has 78 valence electrons. The van der Waals surface area contributed by atoms with Gasteiger partial charge in [-0.25, -0.2) is 9.07 Å². The zero-order valence-corrected chi connectivity index (χ0v) is 8.87. The second-order valence-corrected chi connectivity index (χ2v) is 3.41. The number of benzene rings is 1. The van der Waals surface area contributed by atoms with Gasteiger partial charge in [0, 0.05) is 0 Å². The fraction of sp³-hybridized carbons (Fsp3) is 0.200. The molecule has 0 amide bonds. The van der Waals surface area contributed by atoms with E-state index in [1.54, 1.807) is 16.8 Å². The van der Waals surface area contributed by atoms with E-state index in [2.05, 4.69) is 10.3 Å². The third kappa shape index (κ3) is 1.85. The van der Waals surface area contributed by atoms with Gasteiger partial charge in [-0.3, -0.25) is 0 Å². The molecule has 1 aromatic carbocycles. The van der Waals surface area contributed by atoms with Crippen LogP contribution in [-0.2, 0) is 5.88 Å². The van der Waals surface area contributed by atoms with Crippen LogP contribution < -0.4 is 0 Å². The van der Waals surface area contributed by atoms with Crippen molar-refractivity contribution in [1.29, 1.82) is 0 Å². The van der Waals surface area contributed by atoms with Crippen LogP contribution in [0.4, 0.5) is 4.39 Å². The van der Waals surface area contributed by atoms with Crippen LogP contribution in [0, 0.1) is 12.7 Å². The third-order valence-electron chi connectivity index (χ3n) is 2.16. The molecule has 1 aromatic heterocycles. The van der Waals surface area contributed by atoms with Crippen molar-refractivity contribution in [2.75, 3.05) is 0 Å². The lowest BCUT2D eigenvalue weighted by Gasteiger charge is -2.03. The summed E-state index contributed by atoms with van der Waals surface area (Å²) in [4.78, 5) is 0. The van der Waals surface area contributed by atoms with Crippen LogP contribution in [-0.4, -0.2) is 15.0 Å². The minimum Gasteiger partial charge on any atom is -0.216 e. The zero-order chi connectivity index (χ0) is 10.8. The fourth-order valence-corrected chi connectivity index (χ4v) is 1.63. The highest BCUT2D eigenvalue weighted by molar-refractivity contribution is 6.17. The molecular formula is C10H9ClFN3. The second-order valence-electron chi connectivity index (χ2n) is 3.14. The van der Waals surface area contributed by atoms with Crippen molar-refractivity contribution in [2.24, 2.45) is 0 Å². The average molecular weight is 226 g/mol. The van der Waals surface area contributed by atoms with Gasteiger partial charge in [-0.05, 0) is 31.2 Å². The fourth-order valence-electron chi connectivity index (χ4n) is 1.32. The van der Waals surface area contributed by atoms with Gasteiger partial charge in [0.05, 0.1) is 23.0 Å². The van der Waals surface area contributed by atoms with Crippen molar-refractivity contribution in [3.05, 3.63) is 41.5 Å². The summed E-state index contributed by atoms with van der Waals surface area (Å²) in [5, 5.41) is 7.87. The Morgan fingerprint density at radius 2 is 2.00 bits per heavy atom. The summed E-state index contributed by atoms with van der Waals surface area (Å²) in [5.41, 5.74) is 2.37. The Balaban J connectivity index is 2.49. The summed E-state index contributed by atoms with van der Waals surface area (Å²) in [5.74, 6) is 0.0546. The predicted molar refractivity (Wildman–Crippen MR) is 55.6 cm³/mol. The van der Waals surface area contributed by atoms with E-state index in [1.165, 1.54) is 12.1 Å². The number of hydrogen-bond donors (Lipinski definition) is 0. The molecule has 0 fully saturated rings. The van der Waals surface area contributed by atoms with Gasteiger partial charge in [0.2, 0.25) is 0 Å². The molecule has 0 saturated heterocycles. The summed E-state index contributed by atoms with van der Waals surface area (Å²) in [7, 11) is 0. The molecule has 2 aromatic rings. The molecule has 1 heterocycles. The van der Waals surface area contributed by atoms with Gasteiger partial charge in [0.1, 0.15) is 5.82 Å². The Bertz CT molecular complexity index is 464. The molecule has 0 N–H and O–H groups in total. The average Bonchev–Trinajstić information content (AvgIpc) is 2.61. The summed E-state index contributed by atoms with van der Waals surface area (Å²) in [6, 6.07) is 6.04. The van der Waals surface area contributed by atoms with E-state index in [-0.39, 0.29) is 5.82 Å². The van der Waals surface area contributed by atoms with Gasteiger partial charge in [-0.2, -0.15) is 0 Å². The lowest BCUT2D eigenvalue weighted by molar-refractivity contribution is 0.626. The number of rotatable bonds is 2. The Hall–Kier alpha value is -1.42. The minimum absolute atomic E-state index is 0.275. The molecule has 3 nitrogen and oxygen atoms in total. The topological polar surface area (TPSA) is 30.7 Å². The van der Waals surface area contributed by atoms with E-state index < -0.39 is 0 Å². The van der Waals surface area contributed by atoms with Gasteiger partial charge in [-0.1, -0.05) is 5.21 Å². The van der Waals surface area contributed by atoms with E-state index in [9.17, 15) is 4.39 Å². The van der Waals surface area contributed by atoms with Gasteiger partial charge in [0.25, 0.3) is 0 Å². The van der Waals surface area contributed by atoms with Crippen LogP contribution in [0.15, 0.2) is 24.3 Å². The van der Waals surface area contributed by atoms with Crippen LogP contribution in [0.5, 0.6) is 0 Å². The Morgan fingerprint density at radius 1 is 1.33 bits per heavy atom. The van der Waals surface area contributed by atoms with Crippen LogP contribution in [0.3, 0.4) is 0 Å².